The average Bonchev–Trinajstić information content (AvgIpc) is 2.60. The number of hydrogen-bond acceptors (Lipinski definition) is 4. The summed E-state index contributed by atoms with van der Waals surface area (Å²) in [5.74, 6) is -0.413. The number of aliphatic hydroxyl groups excluding tert-OH is 1. The molecule has 1 aliphatic carbocycles. The van der Waals surface area contributed by atoms with E-state index in [2.05, 4.69) is 36.7 Å². The number of cyclic esters (lactones) is 1. The number of hydrogen-bond donors (Lipinski definition) is 1. The zero-order valence-electron chi connectivity index (χ0n) is 12.1. The molecule has 1 saturated carbocycles. The Morgan fingerprint density at radius 2 is 2.10 bits per heavy atom. The van der Waals surface area contributed by atoms with Crippen molar-refractivity contribution in [3.63, 3.8) is 0 Å². The third-order valence-electron chi connectivity index (χ3n) is 5.21. The molecule has 2 heterocycles. The van der Waals surface area contributed by atoms with Crippen molar-refractivity contribution in [1.82, 2.24) is 0 Å². The molecule has 0 aromatic rings. The Labute approximate surface area is 127 Å². The van der Waals surface area contributed by atoms with Crippen LogP contribution in [0, 0.1) is 11.3 Å². The van der Waals surface area contributed by atoms with Crippen LogP contribution in [-0.4, -0.2) is 40.3 Å². The highest BCUT2D eigenvalue weighted by Gasteiger charge is 2.57. The molecule has 0 unspecified atom stereocenters. The third-order valence-corrected chi connectivity index (χ3v) is 6.85. The summed E-state index contributed by atoms with van der Waals surface area (Å²) in [5, 5.41) is 10.7. The van der Waals surface area contributed by atoms with Crippen LogP contribution < -0.4 is 0 Å². The van der Waals surface area contributed by atoms with E-state index in [1.165, 1.54) is 0 Å². The molecule has 1 saturated heterocycles. The van der Waals surface area contributed by atoms with Crippen LogP contribution in [-0.2, 0) is 14.3 Å². The van der Waals surface area contributed by atoms with Gasteiger partial charge < -0.3 is 14.6 Å². The van der Waals surface area contributed by atoms with E-state index in [1.54, 1.807) is 6.08 Å². The summed E-state index contributed by atoms with van der Waals surface area (Å²) in [4.78, 5) is 12.1. The molecular formula is C15H21BrO4. The molecule has 2 fully saturated rings. The second-order valence-corrected chi connectivity index (χ2v) is 8.04. The van der Waals surface area contributed by atoms with Crippen LogP contribution in [0.15, 0.2) is 11.6 Å². The monoisotopic (exact) mass is 344 g/mol. The van der Waals surface area contributed by atoms with Crippen molar-refractivity contribution in [1.29, 1.82) is 0 Å². The van der Waals surface area contributed by atoms with Gasteiger partial charge in [0.15, 0.2) is 0 Å². The second-order valence-electron chi connectivity index (χ2n) is 6.94. The Morgan fingerprint density at radius 3 is 2.80 bits per heavy atom. The van der Waals surface area contributed by atoms with Crippen molar-refractivity contribution in [2.45, 2.75) is 56.2 Å². The van der Waals surface area contributed by atoms with Gasteiger partial charge in [0, 0.05) is 10.7 Å². The first-order chi connectivity index (χ1) is 9.25. The molecule has 20 heavy (non-hydrogen) atoms. The first-order valence-electron chi connectivity index (χ1n) is 7.14. The van der Waals surface area contributed by atoms with Crippen LogP contribution in [0.3, 0.4) is 0 Å². The van der Waals surface area contributed by atoms with Gasteiger partial charge in [-0.25, -0.2) is 4.79 Å². The highest BCUT2D eigenvalue weighted by molar-refractivity contribution is 9.09. The van der Waals surface area contributed by atoms with E-state index in [4.69, 9.17) is 9.47 Å². The molecule has 0 spiro atoms. The number of fused-ring (bicyclic) bond motifs is 2. The summed E-state index contributed by atoms with van der Waals surface area (Å²) in [6.45, 7) is 6.62. The van der Waals surface area contributed by atoms with Crippen molar-refractivity contribution in [3.8, 4) is 0 Å². The first-order valence-corrected chi connectivity index (χ1v) is 8.06. The quantitative estimate of drug-likeness (QED) is 0.540. The van der Waals surface area contributed by atoms with Gasteiger partial charge in [-0.1, -0.05) is 29.8 Å². The second kappa shape index (κ2) is 4.55. The smallest absolute Gasteiger partial charge is 0.336 e. The van der Waals surface area contributed by atoms with E-state index in [0.29, 0.717) is 10.4 Å². The minimum Gasteiger partial charge on any atom is -0.459 e. The Hall–Kier alpha value is -0.390. The van der Waals surface area contributed by atoms with Crippen molar-refractivity contribution < 1.29 is 19.4 Å². The van der Waals surface area contributed by atoms with Gasteiger partial charge >= 0.3 is 5.97 Å². The molecule has 4 nitrogen and oxygen atoms in total. The molecule has 3 rings (SSSR count). The van der Waals surface area contributed by atoms with Crippen LogP contribution >= 0.6 is 15.9 Å². The molecular weight excluding hydrogens is 324 g/mol. The van der Waals surface area contributed by atoms with Crippen LogP contribution in [0.5, 0.6) is 0 Å². The maximum absolute atomic E-state index is 11.8. The summed E-state index contributed by atoms with van der Waals surface area (Å²) >= 11 is 3.74. The lowest BCUT2D eigenvalue weighted by Crippen LogP contribution is -2.57. The zero-order chi connectivity index (χ0) is 14.7. The number of carbonyl (C=O) groups is 1. The fraction of sp³-hybridized carbons (Fsp3) is 0.800. The molecule has 0 radical (unpaired) electrons. The lowest BCUT2D eigenvalue weighted by molar-refractivity contribution is -0.173. The standard InChI is InChI=1S/C15H21BrO4/c1-14(2)11(16)4-5-15(3)12(14)9(17)6-8-10(20-15)7-19-13(8)18/h6,9-12,17H,4-5,7H2,1-3H3/t9-,10+,11+,12+,15+/m1/s1. The molecule has 112 valence electrons. The minimum absolute atomic E-state index is 0.0565. The van der Waals surface area contributed by atoms with Gasteiger partial charge in [0.25, 0.3) is 0 Å². The van der Waals surface area contributed by atoms with E-state index >= 15 is 0 Å². The lowest BCUT2D eigenvalue weighted by Gasteiger charge is -2.53. The van der Waals surface area contributed by atoms with Gasteiger partial charge in [0.05, 0.1) is 17.3 Å². The van der Waals surface area contributed by atoms with Crippen molar-refractivity contribution in [2.75, 3.05) is 6.61 Å². The Morgan fingerprint density at radius 1 is 1.40 bits per heavy atom. The minimum atomic E-state index is -0.694. The molecule has 0 amide bonds. The predicted molar refractivity (Wildman–Crippen MR) is 77.5 cm³/mol. The number of carbonyl (C=O) groups excluding carboxylic acids is 1. The summed E-state index contributed by atoms with van der Waals surface area (Å²) in [6, 6.07) is 0. The maximum atomic E-state index is 11.8. The summed E-state index contributed by atoms with van der Waals surface area (Å²) in [7, 11) is 0. The predicted octanol–water partition coefficient (Wildman–Crippen LogP) is 2.19. The molecule has 3 aliphatic rings. The summed E-state index contributed by atoms with van der Waals surface area (Å²) in [6.07, 6.45) is 2.47. The molecule has 2 aliphatic heterocycles. The van der Waals surface area contributed by atoms with E-state index in [0.717, 1.165) is 12.8 Å². The number of ether oxygens (including phenoxy) is 2. The van der Waals surface area contributed by atoms with Crippen molar-refractivity contribution >= 4 is 21.9 Å². The molecule has 0 bridgehead atoms. The zero-order valence-corrected chi connectivity index (χ0v) is 13.6. The van der Waals surface area contributed by atoms with E-state index in [1.807, 2.05) is 0 Å². The van der Waals surface area contributed by atoms with Gasteiger partial charge in [-0.2, -0.15) is 0 Å². The van der Waals surface area contributed by atoms with Crippen LogP contribution in [0.25, 0.3) is 0 Å². The number of aliphatic hydroxyl groups is 1. The van der Waals surface area contributed by atoms with E-state index in [-0.39, 0.29) is 30.0 Å². The topological polar surface area (TPSA) is 55.8 Å². The van der Waals surface area contributed by atoms with E-state index in [9.17, 15) is 9.90 Å². The number of rotatable bonds is 0. The van der Waals surface area contributed by atoms with Gasteiger partial charge in [-0.3, -0.25) is 0 Å². The van der Waals surface area contributed by atoms with Crippen LogP contribution in [0.4, 0.5) is 0 Å². The Balaban J connectivity index is 2.05. The highest BCUT2D eigenvalue weighted by Crippen LogP contribution is 2.54. The SMILES string of the molecule is CC1(C)[C@@H](Br)CC[C@]2(C)O[C@H]3COC(=O)C3=C[C@@H](O)[C@@H]12. The summed E-state index contributed by atoms with van der Waals surface area (Å²) < 4.78 is 11.3. The largest absolute Gasteiger partial charge is 0.459 e. The van der Waals surface area contributed by atoms with Crippen molar-refractivity contribution in [2.24, 2.45) is 11.3 Å². The molecule has 0 aromatic heterocycles. The van der Waals surface area contributed by atoms with Crippen LogP contribution in [0.1, 0.15) is 33.6 Å². The highest BCUT2D eigenvalue weighted by atomic mass is 79.9. The molecule has 5 atom stereocenters. The fourth-order valence-electron chi connectivity index (χ4n) is 4.19. The van der Waals surface area contributed by atoms with Crippen LogP contribution in [0.2, 0.25) is 0 Å². The van der Waals surface area contributed by atoms with Gasteiger partial charge in [-0.15, -0.1) is 0 Å². The number of esters is 1. The Bertz CT molecular complexity index is 472. The molecule has 0 aromatic carbocycles. The molecule has 1 N–H and O–H groups in total. The van der Waals surface area contributed by atoms with Gasteiger partial charge in [0.1, 0.15) is 12.7 Å². The fourth-order valence-corrected chi connectivity index (χ4v) is 4.70. The molecule has 5 heteroatoms. The van der Waals surface area contributed by atoms with Gasteiger partial charge in [-0.05, 0) is 31.3 Å². The third kappa shape index (κ3) is 1.97. The number of halogens is 1. The maximum Gasteiger partial charge on any atom is 0.336 e. The van der Waals surface area contributed by atoms with Gasteiger partial charge in [0.2, 0.25) is 0 Å². The summed E-state index contributed by atoms with van der Waals surface area (Å²) in [5.41, 5.74) is -0.0779. The van der Waals surface area contributed by atoms with Crippen molar-refractivity contribution in [3.05, 3.63) is 11.6 Å². The first kappa shape index (κ1) is 14.5. The Kier molecular flexibility index (Phi) is 3.31. The average molecular weight is 345 g/mol. The number of alkyl halides is 1. The van der Waals surface area contributed by atoms with E-state index < -0.39 is 11.7 Å². The normalized spacial score (nSPS) is 46.9. The lowest BCUT2D eigenvalue weighted by atomic mass is 9.59.